The number of hydrogen-bond acceptors (Lipinski definition) is 6. The molecule has 0 radical (unpaired) electrons. The van der Waals surface area contributed by atoms with Gasteiger partial charge in [0.25, 0.3) is 0 Å². The van der Waals surface area contributed by atoms with Gasteiger partial charge in [-0.1, -0.05) is 78.9 Å². The number of aryl methyl sites for hydroxylation is 1. The molecule has 4 aromatic rings. The lowest BCUT2D eigenvalue weighted by Gasteiger charge is -2.16. The van der Waals surface area contributed by atoms with E-state index >= 15 is 0 Å². The first-order valence-corrected chi connectivity index (χ1v) is 11.5. The van der Waals surface area contributed by atoms with E-state index < -0.39 is 5.92 Å². The molecule has 5 nitrogen and oxygen atoms in total. The SMILES string of the molecule is CCc1cnc(CSc2cnc(NC(=O)C(c3ccccc3)c3ccccc3)s2)o1. The van der Waals surface area contributed by atoms with E-state index in [1.54, 1.807) is 24.2 Å². The van der Waals surface area contributed by atoms with Gasteiger partial charge in [-0.2, -0.15) is 0 Å². The smallest absolute Gasteiger partial charge is 0.238 e. The summed E-state index contributed by atoms with van der Waals surface area (Å²) in [6.45, 7) is 2.04. The molecule has 0 atom stereocenters. The summed E-state index contributed by atoms with van der Waals surface area (Å²) in [5.41, 5.74) is 1.89. The largest absolute Gasteiger partial charge is 0.445 e. The third-order valence-electron chi connectivity index (χ3n) is 4.53. The zero-order valence-electron chi connectivity index (χ0n) is 16.4. The molecular formula is C23H21N3O2S2. The summed E-state index contributed by atoms with van der Waals surface area (Å²) in [6, 6.07) is 19.6. The Labute approximate surface area is 183 Å². The summed E-state index contributed by atoms with van der Waals surface area (Å²) in [6.07, 6.45) is 4.37. The Hall–Kier alpha value is -2.90. The van der Waals surface area contributed by atoms with Crippen molar-refractivity contribution in [2.45, 2.75) is 29.2 Å². The zero-order chi connectivity index (χ0) is 20.8. The number of aromatic nitrogens is 2. The number of thioether (sulfide) groups is 1. The van der Waals surface area contributed by atoms with Gasteiger partial charge >= 0.3 is 0 Å². The molecule has 1 amide bonds. The highest BCUT2D eigenvalue weighted by Crippen LogP contribution is 2.32. The van der Waals surface area contributed by atoms with E-state index in [-0.39, 0.29) is 5.91 Å². The lowest BCUT2D eigenvalue weighted by molar-refractivity contribution is -0.116. The lowest BCUT2D eigenvalue weighted by atomic mass is 9.90. The van der Waals surface area contributed by atoms with E-state index in [1.165, 1.54) is 11.3 Å². The van der Waals surface area contributed by atoms with Crippen LogP contribution in [0, 0.1) is 0 Å². The fraction of sp³-hybridized carbons (Fsp3) is 0.174. The Morgan fingerprint density at radius 2 is 1.70 bits per heavy atom. The van der Waals surface area contributed by atoms with Crippen molar-refractivity contribution in [3.05, 3.63) is 95.8 Å². The topological polar surface area (TPSA) is 68.0 Å². The van der Waals surface area contributed by atoms with Crippen LogP contribution >= 0.6 is 23.1 Å². The molecule has 1 N–H and O–H groups in total. The molecule has 152 valence electrons. The molecular weight excluding hydrogens is 414 g/mol. The molecule has 0 fully saturated rings. The van der Waals surface area contributed by atoms with Crippen LogP contribution in [0.3, 0.4) is 0 Å². The van der Waals surface area contributed by atoms with Crippen LogP contribution in [-0.4, -0.2) is 15.9 Å². The third kappa shape index (κ3) is 4.98. The Morgan fingerprint density at radius 1 is 1.03 bits per heavy atom. The first-order chi connectivity index (χ1) is 14.7. The predicted molar refractivity (Wildman–Crippen MR) is 121 cm³/mol. The van der Waals surface area contributed by atoms with Crippen molar-refractivity contribution in [1.82, 2.24) is 9.97 Å². The van der Waals surface area contributed by atoms with Gasteiger partial charge in [0.15, 0.2) is 5.13 Å². The minimum atomic E-state index is -0.396. The van der Waals surface area contributed by atoms with Gasteiger partial charge in [-0.25, -0.2) is 9.97 Å². The van der Waals surface area contributed by atoms with Gasteiger partial charge in [-0.05, 0) is 11.1 Å². The van der Waals surface area contributed by atoms with Crippen molar-refractivity contribution in [1.29, 1.82) is 0 Å². The zero-order valence-corrected chi connectivity index (χ0v) is 18.1. The van der Waals surface area contributed by atoms with E-state index in [0.717, 1.165) is 27.5 Å². The van der Waals surface area contributed by atoms with Gasteiger partial charge in [0.05, 0.1) is 28.3 Å². The summed E-state index contributed by atoms with van der Waals surface area (Å²) in [5, 5.41) is 3.57. The van der Waals surface area contributed by atoms with Gasteiger partial charge < -0.3 is 9.73 Å². The van der Waals surface area contributed by atoms with Gasteiger partial charge in [-0.15, -0.1) is 11.8 Å². The Morgan fingerprint density at radius 3 is 2.30 bits per heavy atom. The predicted octanol–water partition coefficient (Wildman–Crippen LogP) is 5.76. The standard InChI is InChI=1S/C23H21N3O2S2/c1-2-18-13-24-19(28-18)15-29-20-14-25-23(30-20)26-22(27)21(16-9-5-3-6-10-16)17-11-7-4-8-12-17/h3-14,21H,2,15H2,1H3,(H,25,26,27). The maximum atomic E-state index is 13.2. The second kappa shape index (κ2) is 9.73. The van der Waals surface area contributed by atoms with Crippen LogP contribution in [0.5, 0.6) is 0 Å². The Kier molecular flexibility index (Phi) is 6.61. The van der Waals surface area contributed by atoms with Crippen LogP contribution in [0.2, 0.25) is 0 Å². The van der Waals surface area contributed by atoms with E-state index in [0.29, 0.717) is 16.8 Å². The number of anilines is 1. The minimum absolute atomic E-state index is 0.0985. The maximum absolute atomic E-state index is 13.2. The van der Waals surface area contributed by atoms with Crippen molar-refractivity contribution in [3.8, 4) is 0 Å². The number of nitrogens with zero attached hydrogens (tertiary/aromatic N) is 2. The average Bonchev–Trinajstić information content (AvgIpc) is 3.43. The van der Waals surface area contributed by atoms with Crippen molar-refractivity contribution < 1.29 is 9.21 Å². The van der Waals surface area contributed by atoms with E-state index in [9.17, 15) is 4.79 Å². The molecule has 2 aromatic carbocycles. The Bertz CT molecular complexity index is 1050. The van der Waals surface area contributed by atoms with Crippen molar-refractivity contribution >= 4 is 34.1 Å². The first-order valence-electron chi connectivity index (χ1n) is 9.66. The monoisotopic (exact) mass is 435 g/mol. The highest BCUT2D eigenvalue weighted by molar-refractivity contribution is 8.00. The number of benzene rings is 2. The van der Waals surface area contributed by atoms with Crippen LogP contribution < -0.4 is 5.32 Å². The van der Waals surface area contributed by atoms with Crippen molar-refractivity contribution in [2.75, 3.05) is 5.32 Å². The number of rotatable bonds is 8. The first kappa shape index (κ1) is 20.4. The molecule has 0 unspecified atom stereocenters. The number of oxazole rings is 1. The van der Waals surface area contributed by atoms with Crippen molar-refractivity contribution in [3.63, 3.8) is 0 Å². The molecule has 0 saturated heterocycles. The molecule has 2 heterocycles. The fourth-order valence-electron chi connectivity index (χ4n) is 3.06. The van der Waals surface area contributed by atoms with Gasteiger partial charge in [0, 0.05) is 6.42 Å². The van der Waals surface area contributed by atoms with E-state index in [1.807, 2.05) is 67.6 Å². The van der Waals surface area contributed by atoms with E-state index in [2.05, 4.69) is 15.3 Å². The number of nitrogens with one attached hydrogen (secondary N) is 1. The summed E-state index contributed by atoms with van der Waals surface area (Å²) in [7, 11) is 0. The molecule has 0 aliphatic rings. The molecule has 0 aliphatic heterocycles. The van der Waals surface area contributed by atoms with Crippen LogP contribution in [0.15, 0.2) is 81.7 Å². The molecule has 2 aromatic heterocycles. The number of carbonyl (C=O) groups is 1. The van der Waals surface area contributed by atoms with Gasteiger partial charge in [0.2, 0.25) is 11.8 Å². The van der Waals surface area contributed by atoms with Gasteiger partial charge in [0.1, 0.15) is 5.76 Å². The summed E-state index contributed by atoms with van der Waals surface area (Å²) in [4.78, 5) is 21.8. The number of hydrogen-bond donors (Lipinski definition) is 1. The van der Waals surface area contributed by atoms with Crippen LogP contribution in [0.25, 0.3) is 0 Å². The average molecular weight is 436 g/mol. The molecule has 0 aliphatic carbocycles. The second-order valence-corrected chi connectivity index (χ2v) is 8.90. The number of thiazole rings is 1. The highest BCUT2D eigenvalue weighted by atomic mass is 32.2. The quantitative estimate of drug-likeness (QED) is 0.357. The number of amides is 1. The fourth-order valence-corrected chi connectivity index (χ4v) is 4.79. The molecule has 0 spiro atoms. The van der Waals surface area contributed by atoms with Crippen LogP contribution in [-0.2, 0) is 17.0 Å². The molecule has 0 bridgehead atoms. The summed E-state index contributed by atoms with van der Waals surface area (Å²) >= 11 is 3.05. The lowest BCUT2D eigenvalue weighted by Crippen LogP contribution is -2.22. The third-order valence-corrected chi connectivity index (χ3v) is 6.62. The van der Waals surface area contributed by atoms with Crippen LogP contribution in [0.1, 0.15) is 35.6 Å². The molecule has 0 saturated carbocycles. The molecule has 7 heteroatoms. The molecule has 4 rings (SSSR count). The van der Waals surface area contributed by atoms with Crippen LogP contribution in [0.4, 0.5) is 5.13 Å². The van der Waals surface area contributed by atoms with Crippen molar-refractivity contribution in [2.24, 2.45) is 0 Å². The normalized spacial score (nSPS) is 11.0. The molecule has 30 heavy (non-hydrogen) atoms. The number of carbonyl (C=O) groups excluding carboxylic acids is 1. The Balaban J connectivity index is 1.45. The summed E-state index contributed by atoms with van der Waals surface area (Å²) in [5.74, 6) is 1.72. The summed E-state index contributed by atoms with van der Waals surface area (Å²) < 4.78 is 6.64. The second-order valence-electron chi connectivity index (χ2n) is 6.59. The van der Waals surface area contributed by atoms with Gasteiger partial charge in [-0.3, -0.25) is 4.79 Å². The minimum Gasteiger partial charge on any atom is -0.445 e. The highest BCUT2D eigenvalue weighted by Gasteiger charge is 2.23. The van der Waals surface area contributed by atoms with E-state index in [4.69, 9.17) is 4.42 Å². The maximum Gasteiger partial charge on any atom is 0.238 e.